The van der Waals surface area contributed by atoms with Crippen LogP contribution >= 0.6 is 34.8 Å². The van der Waals surface area contributed by atoms with Crippen LogP contribution < -0.4 is 11.3 Å². The monoisotopic (exact) mass is 314 g/mol. The van der Waals surface area contributed by atoms with Gasteiger partial charge in [0.05, 0.1) is 16.1 Å². The predicted octanol–water partition coefficient (Wildman–Crippen LogP) is 4.39. The maximum Gasteiger partial charge on any atom is 0.0595 e. The first-order valence-electron chi connectivity index (χ1n) is 5.75. The average molecular weight is 316 g/mol. The summed E-state index contributed by atoms with van der Waals surface area (Å²) < 4.78 is 0. The Hall–Kier alpha value is -0.770. The second kappa shape index (κ2) is 6.60. The van der Waals surface area contributed by atoms with E-state index >= 15 is 0 Å². The van der Waals surface area contributed by atoms with Gasteiger partial charge in [0.2, 0.25) is 0 Å². The Balaban J connectivity index is 2.21. The summed E-state index contributed by atoms with van der Waals surface area (Å²) >= 11 is 17.9. The molecule has 2 aromatic rings. The first kappa shape index (κ1) is 14.6. The third-order valence-corrected chi connectivity index (χ3v) is 3.85. The number of hydrogen-bond acceptors (Lipinski definition) is 2. The van der Waals surface area contributed by atoms with Crippen LogP contribution in [-0.2, 0) is 6.42 Å². The normalized spacial score (nSPS) is 12.4. The van der Waals surface area contributed by atoms with E-state index in [9.17, 15) is 0 Å². The fraction of sp³-hybridized carbons (Fsp3) is 0.143. The van der Waals surface area contributed by atoms with Gasteiger partial charge in [0.1, 0.15) is 0 Å². The highest BCUT2D eigenvalue weighted by Crippen LogP contribution is 2.26. The first-order chi connectivity index (χ1) is 9.10. The molecule has 0 aromatic heterocycles. The SMILES string of the molecule is NNC(Cc1ccc(Cl)c(Cl)c1)c1cccc(Cl)c1. The fourth-order valence-electron chi connectivity index (χ4n) is 1.90. The molecule has 0 heterocycles. The Bertz CT molecular complexity index is 572. The second-order valence-electron chi connectivity index (χ2n) is 4.23. The van der Waals surface area contributed by atoms with Gasteiger partial charge in [-0.15, -0.1) is 0 Å². The summed E-state index contributed by atoms with van der Waals surface area (Å²) in [6.07, 6.45) is 0.702. The van der Waals surface area contributed by atoms with Crippen LogP contribution in [0.5, 0.6) is 0 Å². The van der Waals surface area contributed by atoms with E-state index < -0.39 is 0 Å². The number of nitrogens with one attached hydrogen (secondary N) is 1. The van der Waals surface area contributed by atoms with Gasteiger partial charge in [0.25, 0.3) is 0 Å². The molecule has 100 valence electrons. The van der Waals surface area contributed by atoms with Gasteiger partial charge >= 0.3 is 0 Å². The van der Waals surface area contributed by atoms with E-state index in [1.807, 2.05) is 36.4 Å². The maximum atomic E-state index is 6.01. The molecule has 0 radical (unpaired) electrons. The van der Waals surface area contributed by atoms with Crippen molar-refractivity contribution in [2.24, 2.45) is 5.84 Å². The molecule has 0 saturated carbocycles. The minimum atomic E-state index is -0.0315. The van der Waals surface area contributed by atoms with E-state index in [2.05, 4.69) is 5.43 Å². The minimum Gasteiger partial charge on any atom is -0.271 e. The van der Waals surface area contributed by atoms with Crippen molar-refractivity contribution in [1.82, 2.24) is 5.43 Å². The van der Waals surface area contributed by atoms with Crippen molar-refractivity contribution in [2.45, 2.75) is 12.5 Å². The lowest BCUT2D eigenvalue weighted by Crippen LogP contribution is -2.29. The molecule has 0 fully saturated rings. The molecule has 0 aliphatic heterocycles. The number of benzene rings is 2. The van der Waals surface area contributed by atoms with Crippen molar-refractivity contribution >= 4 is 34.8 Å². The molecule has 1 atom stereocenters. The van der Waals surface area contributed by atoms with Crippen LogP contribution in [0.1, 0.15) is 17.2 Å². The quantitative estimate of drug-likeness (QED) is 0.648. The zero-order valence-corrected chi connectivity index (χ0v) is 12.3. The van der Waals surface area contributed by atoms with Crippen LogP contribution in [0.15, 0.2) is 42.5 Å². The highest BCUT2D eigenvalue weighted by Gasteiger charge is 2.11. The third kappa shape index (κ3) is 3.85. The van der Waals surface area contributed by atoms with Crippen molar-refractivity contribution in [1.29, 1.82) is 0 Å². The molecule has 1 unspecified atom stereocenters. The van der Waals surface area contributed by atoms with Crippen molar-refractivity contribution in [3.05, 3.63) is 68.7 Å². The summed E-state index contributed by atoms with van der Waals surface area (Å²) in [5.41, 5.74) is 4.88. The van der Waals surface area contributed by atoms with Crippen molar-refractivity contribution in [3.8, 4) is 0 Å². The molecule has 3 N–H and O–H groups in total. The van der Waals surface area contributed by atoms with E-state index in [-0.39, 0.29) is 6.04 Å². The van der Waals surface area contributed by atoms with Gasteiger partial charge in [-0.05, 0) is 41.8 Å². The van der Waals surface area contributed by atoms with Crippen LogP contribution in [0.4, 0.5) is 0 Å². The van der Waals surface area contributed by atoms with Crippen LogP contribution in [0, 0.1) is 0 Å². The maximum absolute atomic E-state index is 6.01. The van der Waals surface area contributed by atoms with Crippen LogP contribution in [-0.4, -0.2) is 0 Å². The lowest BCUT2D eigenvalue weighted by atomic mass is 9.99. The van der Waals surface area contributed by atoms with Gasteiger partial charge in [0.15, 0.2) is 0 Å². The van der Waals surface area contributed by atoms with Crippen LogP contribution in [0.2, 0.25) is 15.1 Å². The standard InChI is InChI=1S/C14H13Cl3N2/c15-11-3-1-2-10(8-11)14(19-18)7-9-4-5-12(16)13(17)6-9/h1-6,8,14,19H,7,18H2. The molecule has 0 bridgehead atoms. The predicted molar refractivity (Wildman–Crippen MR) is 81.7 cm³/mol. The van der Waals surface area contributed by atoms with E-state index in [1.165, 1.54) is 0 Å². The van der Waals surface area contributed by atoms with Gasteiger partial charge < -0.3 is 0 Å². The largest absolute Gasteiger partial charge is 0.271 e. The minimum absolute atomic E-state index is 0.0315. The number of rotatable bonds is 4. The lowest BCUT2D eigenvalue weighted by Gasteiger charge is -2.17. The summed E-state index contributed by atoms with van der Waals surface area (Å²) in [5.74, 6) is 5.62. The van der Waals surface area contributed by atoms with Crippen LogP contribution in [0.25, 0.3) is 0 Å². The number of halogens is 3. The van der Waals surface area contributed by atoms with E-state index in [0.717, 1.165) is 11.1 Å². The Morgan fingerprint density at radius 1 is 1.00 bits per heavy atom. The lowest BCUT2D eigenvalue weighted by molar-refractivity contribution is 0.552. The summed E-state index contributed by atoms with van der Waals surface area (Å²) in [6.45, 7) is 0. The Morgan fingerprint density at radius 3 is 2.42 bits per heavy atom. The number of nitrogens with two attached hydrogens (primary N) is 1. The van der Waals surface area contributed by atoms with Crippen LogP contribution in [0.3, 0.4) is 0 Å². The molecule has 19 heavy (non-hydrogen) atoms. The fourth-order valence-corrected chi connectivity index (χ4v) is 2.42. The van der Waals surface area contributed by atoms with E-state index in [0.29, 0.717) is 21.5 Å². The van der Waals surface area contributed by atoms with Gasteiger partial charge in [-0.1, -0.05) is 53.0 Å². The number of hydrogen-bond donors (Lipinski definition) is 2. The van der Waals surface area contributed by atoms with Crippen molar-refractivity contribution in [3.63, 3.8) is 0 Å². The molecule has 5 heteroatoms. The molecule has 0 aliphatic rings. The summed E-state index contributed by atoms with van der Waals surface area (Å²) in [4.78, 5) is 0. The molecular formula is C14H13Cl3N2. The number of hydrazine groups is 1. The van der Waals surface area contributed by atoms with Gasteiger partial charge in [-0.2, -0.15) is 0 Å². The molecule has 2 nitrogen and oxygen atoms in total. The summed E-state index contributed by atoms with van der Waals surface area (Å²) in [6, 6.07) is 13.1. The highest BCUT2D eigenvalue weighted by atomic mass is 35.5. The Morgan fingerprint density at radius 2 is 1.79 bits per heavy atom. The summed E-state index contributed by atoms with van der Waals surface area (Å²) in [7, 11) is 0. The molecule has 0 aliphatic carbocycles. The van der Waals surface area contributed by atoms with E-state index in [4.69, 9.17) is 40.6 Å². The van der Waals surface area contributed by atoms with Gasteiger partial charge in [-0.25, -0.2) is 0 Å². The first-order valence-corrected chi connectivity index (χ1v) is 6.89. The topological polar surface area (TPSA) is 38.0 Å². The molecule has 0 spiro atoms. The molecule has 0 amide bonds. The molecular weight excluding hydrogens is 303 g/mol. The smallest absolute Gasteiger partial charge is 0.0595 e. The third-order valence-electron chi connectivity index (χ3n) is 2.88. The Kier molecular flexibility index (Phi) is 5.08. The summed E-state index contributed by atoms with van der Waals surface area (Å²) in [5, 5.41) is 1.78. The molecule has 0 saturated heterocycles. The molecule has 2 rings (SSSR count). The Labute approximate surface area is 127 Å². The highest BCUT2D eigenvalue weighted by molar-refractivity contribution is 6.42. The molecule has 2 aromatic carbocycles. The second-order valence-corrected chi connectivity index (χ2v) is 5.48. The van der Waals surface area contributed by atoms with Crippen molar-refractivity contribution in [2.75, 3.05) is 0 Å². The zero-order chi connectivity index (χ0) is 13.8. The van der Waals surface area contributed by atoms with E-state index in [1.54, 1.807) is 6.07 Å². The van der Waals surface area contributed by atoms with Crippen molar-refractivity contribution < 1.29 is 0 Å². The van der Waals surface area contributed by atoms with Gasteiger partial charge in [0, 0.05) is 5.02 Å². The zero-order valence-electron chi connectivity index (χ0n) is 10.0. The van der Waals surface area contributed by atoms with Gasteiger partial charge in [-0.3, -0.25) is 11.3 Å². The average Bonchev–Trinajstić information content (AvgIpc) is 2.40.